The Hall–Kier alpha value is -3.06. The monoisotopic (exact) mass is 471 g/mol. The predicted molar refractivity (Wildman–Crippen MR) is 128 cm³/mol. The summed E-state index contributed by atoms with van der Waals surface area (Å²) < 4.78 is 16.7. The van der Waals surface area contributed by atoms with Crippen LogP contribution in [0.25, 0.3) is 11.4 Å². The van der Waals surface area contributed by atoms with Crippen molar-refractivity contribution in [3.05, 3.63) is 58.9 Å². The SMILES string of the molecule is CCOc1ccc(C(NC(=O)CCc2nc(-c3ccc(Cl)cc3)no2)C(C)C)cc1OCC. The number of benzene rings is 2. The Morgan fingerprint density at radius 3 is 2.42 bits per heavy atom. The smallest absolute Gasteiger partial charge is 0.227 e. The molecule has 0 aliphatic carbocycles. The van der Waals surface area contributed by atoms with Gasteiger partial charge in [-0.05, 0) is 61.7 Å². The number of aromatic nitrogens is 2. The maximum Gasteiger partial charge on any atom is 0.227 e. The molecule has 7 nitrogen and oxygen atoms in total. The molecule has 1 heterocycles. The minimum atomic E-state index is -0.167. The minimum absolute atomic E-state index is 0.0909. The summed E-state index contributed by atoms with van der Waals surface area (Å²) in [6, 6.07) is 12.8. The summed E-state index contributed by atoms with van der Waals surface area (Å²) in [4.78, 5) is 17.1. The molecule has 0 aliphatic heterocycles. The van der Waals surface area contributed by atoms with Gasteiger partial charge in [0.25, 0.3) is 0 Å². The third-order valence-corrected chi connectivity index (χ3v) is 5.30. The van der Waals surface area contributed by atoms with Crippen molar-refractivity contribution < 1.29 is 18.8 Å². The molecule has 0 fully saturated rings. The first-order valence-electron chi connectivity index (χ1n) is 11.2. The summed E-state index contributed by atoms with van der Waals surface area (Å²) in [6.07, 6.45) is 0.589. The number of nitrogens with one attached hydrogen (secondary N) is 1. The highest BCUT2D eigenvalue weighted by atomic mass is 35.5. The van der Waals surface area contributed by atoms with E-state index in [0.29, 0.717) is 47.9 Å². The third-order valence-electron chi connectivity index (χ3n) is 5.05. The van der Waals surface area contributed by atoms with Crippen molar-refractivity contribution in [2.24, 2.45) is 5.92 Å². The van der Waals surface area contributed by atoms with Gasteiger partial charge in [-0.3, -0.25) is 4.79 Å². The molecule has 1 atom stereocenters. The largest absolute Gasteiger partial charge is 0.490 e. The van der Waals surface area contributed by atoms with Gasteiger partial charge in [-0.15, -0.1) is 0 Å². The van der Waals surface area contributed by atoms with Gasteiger partial charge in [0.1, 0.15) is 0 Å². The number of halogens is 1. The Morgan fingerprint density at radius 2 is 1.76 bits per heavy atom. The van der Waals surface area contributed by atoms with Crippen molar-refractivity contribution in [2.45, 2.75) is 46.6 Å². The summed E-state index contributed by atoms with van der Waals surface area (Å²) in [6.45, 7) is 9.09. The molecule has 0 spiro atoms. The Labute approximate surface area is 199 Å². The van der Waals surface area contributed by atoms with Gasteiger partial charge in [-0.25, -0.2) is 0 Å². The summed E-state index contributed by atoms with van der Waals surface area (Å²) in [5.74, 6) is 2.35. The number of amides is 1. The van der Waals surface area contributed by atoms with Crippen LogP contribution < -0.4 is 14.8 Å². The fourth-order valence-electron chi connectivity index (χ4n) is 3.43. The van der Waals surface area contributed by atoms with E-state index in [4.69, 9.17) is 25.6 Å². The van der Waals surface area contributed by atoms with E-state index in [0.717, 1.165) is 11.1 Å². The first kappa shape index (κ1) is 24.6. The van der Waals surface area contributed by atoms with E-state index in [1.165, 1.54) is 0 Å². The van der Waals surface area contributed by atoms with Crippen molar-refractivity contribution in [1.29, 1.82) is 0 Å². The molecule has 0 bridgehead atoms. The lowest BCUT2D eigenvalue weighted by molar-refractivity contribution is -0.122. The Balaban J connectivity index is 1.64. The zero-order valence-corrected chi connectivity index (χ0v) is 20.2. The van der Waals surface area contributed by atoms with E-state index in [-0.39, 0.29) is 24.3 Å². The number of carbonyl (C=O) groups is 1. The summed E-state index contributed by atoms with van der Waals surface area (Å²) in [5, 5.41) is 7.76. The normalized spacial score (nSPS) is 11.9. The summed E-state index contributed by atoms with van der Waals surface area (Å²) in [5.41, 5.74) is 1.77. The van der Waals surface area contributed by atoms with Gasteiger partial charge < -0.3 is 19.3 Å². The van der Waals surface area contributed by atoms with Crippen molar-refractivity contribution >= 4 is 17.5 Å². The van der Waals surface area contributed by atoms with Crippen molar-refractivity contribution in [3.63, 3.8) is 0 Å². The molecule has 1 N–H and O–H groups in total. The number of nitrogens with zero attached hydrogens (tertiary/aromatic N) is 2. The van der Waals surface area contributed by atoms with Gasteiger partial charge in [0.2, 0.25) is 17.6 Å². The number of ether oxygens (including phenoxy) is 2. The van der Waals surface area contributed by atoms with Gasteiger partial charge in [-0.1, -0.05) is 36.7 Å². The second kappa shape index (κ2) is 11.7. The zero-order chi connectivity index (χ0) is 23.8. The molecular formula is C25H30ClN3O4. The van der Waals surface area contributed by atoms with Crippen LogP contribution in [0.15, 0.2) is 47.0 Å². The Bertz CT molecular complexity index is 1050. The molecule has 0 saturated carbocycles. The van der Waals surface area contributed by atoms with E-state index in [2.05, 4.69) is 29.3 Å². The van der Waals surface area contributed by atoms with Crippen molar-refractivity contribution in [3.8, 4) is 22.9 Å². The highest BCUT2D eigenvalue weighted by molar-refractivity contribution is 6.30. The van der Waals surface area contributed by atoms with E-state index in [1.54, 1.807) is 12.1 Å². The topological polar surface area (TPSA) is 86.5 Å². The number of hydrogen-bond acceptors (Lipinski definition) is 6. The van der Waals surface area contributed by atoms with Gasteiger partial charge in [0.05, 0.1) is 19.3 Å². The second-order valence-corrected chi connectivity index (χ2v) is 8.32. The predicted octanol–water partition coefficient (Wildman–Crippen LogP) is 5.63. The van der Waals surface area contributed by atoms with Crippen molar-refractivity contribution in [1.82, 2.24) is 15.5 Å². The van der Waals surface area contributed by atoms with Crippen LogP contribution in [0.2, 0.25) is 5.02 Å². The summed E-state index contributed by atoms with van der Waals surface area (Å²) >= 11 is 5.92. The second-order valence-electron chi connectivity index (χ2n) is 7.88. The lowest BCUT2D eigenvalue weighted by Crippen LogP contribution is -2.32. The van der Waals surface area contributed by atoms with Crippen LogP contribution in [0.4, 0.5) is 0 Å². The fourth-order valence-corrected chi connectivity index (χ4v) is 3.56. The number of rotatable bonds is 11. The quantitative estimate of drug-likeness (QED) is 0.389. The van der Waals surface area contributed by atoms with Crippen LogP contribution in [0.5, 0.6) is 11.5 Å². The van der Waals surface area contributed by atoms with Crippen LogP contribution in [-0.4, -0.2) is 29.3 Å². The zero-order valence-electron chi connectivity index (χ0n) is 19.4. The molecule has 8 heteroatoms. The Kier molecular flexibility index (Phi) is 8.72. The molecule has 2 aromatic carbocycles. The third kappa shape index (κ3) is 6.71. The maximum atomic E-state index is 12.7. The average Bonchev–Trinajstić information content (AvgIpc) is 3.27. The van der Waals surface area contributed by atoms with Crippen molar-refractivity contribution in [2.75, 3.05) is 13.2 Å². The lowest BCUT2D eigenvalue weighted by atomic mass is 9.95. The molecule has 1 unspecified atom stereocenters. The van der Waals surface area contributed by atoms with Crippen LogP contribution >= 0.6 is 11.6 Å². The van der Waals surface area contributed by atoms with E-state index >= 15 is 0 Å². The van der Waals surface area contributed by atoms with Crippen LogP contribution in [0.1, 0.15) is 51.6 Å². The molecule has 0 radical (unpaired) electrons. The first-order valence-corrected chi connectivity index (χ1v) is 11.6. The first-order chi connectivity index (χ1) is 15.9. The molecule has 0 aliphatic rings. The van der Waals surface area contributed by atoms with Crippen LogP contribution in [0, 0.1) is 5.92 Å². The van der Waals surface area contributed by atoms with Gasteiger partial charge in [0, 0.05) is 23.4 Å². The maximum absolute atomic E-state index is 12.7. The molecule has 33 heavy (non-hydrogen) atoms. The molecule has 1 amide bonds. The van der Waals surface area contributed by atoms with E-state index in [9.17, 15) is 4.79 Å². The lowest BCUT2D eigenvalue weighted by Gasteiger charge is -2.24. The highest BCUT2D eigenvalue weighted by Gasteiger charge is 2.21. The summed E-state index contributed by atoms with van der Waals surface area (Å²) in [7, 11) is 0. The van der Waals surface area contributed by atoms with Crippen LogP contribution in [-0.2, 0) is 11.2 Å². The number of aryl methyl sites for hydroxylation is 1. The standard InChI is InChI=1S/C25H30ClN3O4/c1-5-31-20-12-9-18(15-21(20)32-6-2)24(16(3)4)27-22(30)13-14-23-28-25(29-33-23)17-7-10-19(26)11-8-17/h7-12,15-16,24H,5-6,13-14H2,1-4H3,(H,27,30). The number of hydrogen-bond donors (Lipinski definition) is 1. The van der Waals surface area contributed by atoms with Gasteiger partial charge >= 0.3 is 0 Å². The van der Waals surface area contributed by atoms with E-state index in [1.807, 2.05) is 44.2 Å². The van der Waals surface area contributed by atoms with Gasteiger partial charge in [0.15, 0.2) is 11.5 Å². The molecule has 3 aromatic rings. The molecule has 176 valence electrons. The number of carbonyl (C=O) groups excluding carboxylic acids is 1. The highest BCUT2D eigenvalue weighted by Crippen LogP contribution is 2.33. The molecule has 0 saturated heterocycles. The molecule has 1 aromatic heterocycles. The minimum Gasteiger partial charge on any atom is -0.490 e. The van der Waals surface area contributed by atoms with Crippen LogP contribution in [0.3, 0.4) is 0 Å². The Morgan fingerprint density at radius 1 is 1.06 bits per heavy atom. The van der Waals surface area contributed by atoms with Gasteiger partial charge in [-0.2, -0.15) is 4.98 Å². The average molecular weight is 472 g/mol. The molecule has 3 rings (SSSR count). The molecular weight excluding hydrogens is 442 g/mol. The fraction of sp³-hybridized carbons (Fsp3) is 0.400. The van der Waals surface area contributed by atoms with E-state index < -0.39 is 0 Å².